The first-order chi connectivity index (χ1) is 12.1. The molecule has 1 N–H and O–H groups in total. The van der Waals surface area contributed by atoms with Gasteiger partial charge in [-0.2, -0.15) is 0 Å². The van der Waals surface area contributed by atoms with Crippen molar-refractivity contribution < 1.29 is 9.29 Å². The fraction of sp³-hybridized carbons (Fsp3) is 0.579. The third-order valence-corrected chi connectivity index (χ3v) is 6.38. The van der Waals surface area contributed by atoms with E-state index in [9.17, 15) is 9.35 Å². The molecule has 26 heavy (non-hydrogen) atoms. The van der Waals surface area contributed by atoms with Gasteiger partial charge in [0.15, 0.2) is 0 Å². The Morgan fingerprint density at radius 2 is 2.04 bits per heavy atom. The average Bonchev–Trinajstić information content (AvgIpc) is 2.49. The van der Waals surface area contributed by atoms with Crippen LogP contribution < -0.4 is 10.3 Å². The maximum absolute atomic E-state index is 12.9. The van der Waals surface area contributed by atoms with Gasteiger partial charge in [-0.3, -0.25) is 9.36 Å². The van der Waals surface area contributed by atoms with Crippen LogP contribution >= 0.6 is 0 Å². The van der Waals surface area contributed by atoms with E-state index in [4.69, 9.17) is 9.72 Å². The molecule has 0 aliphatic carbocycles. The zero-order valence-corrected chi connectivity index (χ0v) is 17.1. The fourth-order valence-corrected chi connectivity index (χ4v) is 3.85. The van der Waals surface area contributed by atoms with Gasteiger partial charge >= 0.3 is 0 Å². The van der Waals surface area contributed by atoms with Crippen LogP contribution in [0.1, 0.15) is 56.6 Å². The molecule has 3 rings (SSSR count). The molecule has 0 amide bonds. The zero-order chi connectivity index (χ0) is 19.2. The molecule has 1 aliphatic rings. The molecule has 0 saturated carbocycles. The van der Waals surface area contributed by atoms with Crippen molar-refractivity contribution in [3.63, 3.8) is 0 Å². The number of hydrogen-bond acceptors (Lipinski definition) is 5. The van der Waals surface area contributed by atoms with E-state index in [2.05, 4.69) is 4.72 Å². The highest BCUT2D eigenvalue weighted by molar-refractivity contribution is 7.90. The Kier molecular flexibility index (Phi) is 5.18. The van der Waals surface area contributed by atoms with Crippen molar-refractivity contribution in [3.8, 4) is 0 Å². The number of fused-ring (bicyclic) bond motifs is 1. The largest absolute Gasteiger partial charge is 0.598 e. The van der Waals surface area contributed by atoms with Crippen LogP contribution in [-0.2, 0) is 23.1 Å². The smallest absolute Gasteiger partial charge is 0.261 e. The topological polar surface area (TPSA) is 79.2 Å². The minimum absolute atomic E-state index is 0.0500. The summed E-state index contributed by atoms with van der Waals surface area (Å²) in [6.45, 7) is 10.9. The van der Waals surface area contributed by atoms with Crippen LogP contribution in [0.15, 0.2) is 16.9 Å². The van der Waals surface area contributed by atoms with E-state index < -0.39 is 11.4 Å². The summed E-state index contributed by atoms with van der Waals surface area (Å²) in [4.78, 5) is 17.7. The highest BCUT2D eigenvalue weighted by Gasteiger charge is 2.30. The molecule has 1 saturated heterocycles. The van der Waals surface area contributed by atoms with E-state index in [-0.39, 0.29) is 22.3 Å². The molecule has 2 aromatic rings. The van der Waals surface area contributed by atoms with Crippen LogP contribution in [0, 0.1) is 6.92 Å². The summed E-state index contributed by atoms with van der Waals surface area (Å²) >= 11 is -1.21. The number of nitrogens with one attached hydrogen (secondary N) is 1. The number of ether oxygens (including phenoxy) is 1. The Morgan fingerprint density at radius 1 is 1.38 bits per heavy atom. The van der Waals surface area contributed by atoms with Gasteiger partial charge in [0.25, 0.3) is 5.56 Å². The minimum atomic E-state index is -1.21. The molecule has 6 nitrogen and oxygen atoms in total. The third-order valence-electron chi connectivity index (χ3n) is 4.70. The van der Waals surface area contributed by atoms with Gasteiger partial charge < -0.3 is 9.29 Å². The Labute approximate surface area is 157 Å². The SMILES string of the molecule is Cc1cc([C@@H](C)N[S+]([O-])C(C)(C)C)c2nc(C3COC3)n(C)c(=O)c2c1. The predicted octanol–water partition coefficient (Wildman–Crippen LogP) is 2.47. The molecule has 0 bridgehead atoms. The summed E-state index contributed by atoms with van der Waals surface area (Å²) in [5, 5.41) is 0.599. The molecule has 1 unspecified atom stereocenters. The molecule has 1 aliphatic heterocycles. The second-order valence-corrected chi connectivity index (χ2v) is 10.0. The summed E-state index contributed by atoms with van der Waals surface area (Å²) in [6.07, 6.45) is 0. The van der Waals surface area contributed by atoms with Crippen molar-refractivity contribution in [2.45, 2.75) is 51.3 Å². The molecule has 0 radical (unpaired) electrons. The molecule has 1 aromatic heterocycles. The summed E-state index contributed by atoms with van der Waals surface area (Å²) in [5.41, 5.74) is 2.52. The van der Waals surface area contributed by atoms with Gasteiger partial charge in [-0.05, 0) is 46.2 Å². The second-order valence-electron chi connectivity index (χ2n) is 8.04. The molecule has 1 aromatic carbocycles. The lowest BCUT2D eigenvalue weighted by molar-refractivity contribution is 0.00340. The number of benzene rings is 1. The summed E-state index contributed by atoms with van der Waals surface area (Å²) in [7, 11) is 1.76. The quantitative estimate of drug-likeness (QED) is 0.828. The van der Waals surface area contributed by atoms with Crippen LogP contribution in [0.25, 0.3) is 10.9 Å². The van der Waals surface area contributed by atoms with E-state index >= 15 is 0 Å². The number of rotatable bonds is 4. The standard InChI is InChI=1S/C19H27N3O3S/c1-11-7-14(12(2)21-26(24)19(3,4)5)16-15(8-11)18(23)22(6)17(20-16)13-9-25-10-13/h7-8,12-13,21H,9-10H2,1-6H3/t12-,26?/m1/s1. The maximum atomic E-state index is 12.9. The third kappa shape index (κ3) is 3.53. The molecular formula is C19H27N3O3S. The van der Waals surface area contributed by atoms with Gasteiger partial charge in [0.05, 0.1) is 36.1 Å². The predicted molar refractivity (Wildman–Crippen MR) is 105 cm³/mol. The Morgan fingerprint density at radius 3 is 2.58 bits per heavy atom. The monoisotopic (exact) mass is 377 g/mol. The van der Waals surface area contributed by atoms with Crippen LogP contribution in [-0.4, -0.2) is 32.1 Å². The molecule has 0 spiro atoms. The average molecular weight is 378 g/mol. The van der Waals surface area contributed by atoms with Gasteiger partial charge in [-0.1, -0.05) is 6.07 Å². The maximum Gasteiger partial charge on any atom is 0.261 e. The van der Waals surface area contributed by atoms with Crippen molar-refractivity contribution >= 4 is 22.3 Å². The molecule has 2 atom stereocenters. The highest BCUT2D eigenvalue weighted by Crippen LogP contribution is 2.28. The lowest BCUT2D eigenvalue weighted by Crippen LogP contribution is -2.40. The molecule has 2 heterocycles. The van der Waals surface area contributed by atoms with Crippen molar-refractivity contribution in [1.82, 2.24) is 14.3 Å². The van der Waals surface area contributed by atoms with E-state index in [1.54, 1.807) is 11.6 Å². The van der Waals surface area contributed by atoms with Crippen LogP contribution in [0.3, 0.4) is 0 Å². The van der Waals surface area contributed by atoms with Crippen LogP contribution in [0.5, 0.6) is 0 Å². The zero-order valence-electron chi connectivity index (χ0n) is 16.3. The van der Waals surface area contributed by atoms with Crippen LogP contribution in [0.4, 0.5) is 0 Å². The second kappa shape index (κ2) is 6.96. The number of hydrogen-bond donors (Lipinski definition) is 1. The Bertz CT molecular complexity index is 884. The van der Waals surface area contributed by atoms with Gasteiger partial charge in [0.1, 0.15) is 10.6 Å². The summed E-state index contributed by atoms with van der Waals surface area (Å²) in [6, 6.07) is 3.71. The van der Waals surface area contributed by atoms with E-state index in [0.29, 0.717) is 24.1 Å². The Hall–Kier alpha value is -1.41. The van der Waals surface area contributed by atoms with Gasteiger partial charge in [-0.15, -0.1) is 4.72 Å². The highest BCUT2D eigenvalue weighted by atomic mass is 32.2. The van der Waals surface area contributed by atoms with Gasteiger partial charge in [-0.25, -0.2) is 4.98 Å². The first kappa shape index (κ1) is 19.4. The molecular weight excluding hydrogens is 350 g/mol. The van der Waals surface area contributed by atoms with Gasteiger partial charge in [0.2, 0.25) is 0 Å². The summed E-state index contributed by atoms with van der Waals surface area (Å²) in [5.74, 6) is 0.904. The van der Waals surface area contributed by atoms with E-state index in [1.807, 2.05) is 46.8 Å². The van der Waals surface area contributed by atoms with Crippen LogP contribution in [0.2, 0.25) is 0 Å². The first-order valence-electron chi connectivity index (χ1n) is 8.86. The minimum Gasteiger partial charge on any atom is -0.598 e. The van der Waals surface area contributed by atoms with Gasteiger partial charge in [0, 0.05) is 24.0 Å². The van der Waals surface area contributed by atoms with Crippen molar-refractivity contribution in [2.75, 3.05) is 13.2 Å². The Balaban J connectivity index is 2.12. The number of nitrogens with zero attached hydrogens (tertiary/aromatic N) is 2. The molecule has 142 valence electrons. The number of aromatic nitrogens is 2. The van der Waals surface area contributed by atoms with Crippen molar-refractivity contribution in [2.24, 2.45) is 7.05 Å². The fourth-order valence-electron chi connectivity index (χ4n) is 3.05. The van der Waals surface area contributed by atoms with E-state index in [0.717, 1.165) is 17.0 Å². The first-order valence-corrected chi connectivity index (χ1v) is 10.0. The summed E-state index contributed by atoms with van der Waals surface area (Å²) < 4.78 is 22.2. The number of aryl methyl sites for hydroxylation is 1. The molecule has 1 fully saturated rings. The van der Waals surface area contributed by atoms with Crippen molar-refractivity contribution in [3.05, 3.63) is 39.4 Å². The van der Waals surface area contributed by atoms with Crippen molar-refractivity contribution in [1.29, 1.82) is 0 Å². The molecule has 7 heteroatoms. The lowest BCUT2D eigenvalue weighted by atomic mass is 10.0. The normalized spacial score (nSPS) is 18.0. The van der Waals surface area contributed by atoms with E-state index in [1.165, 1.54) is 0 Å². The lowest BCUT2D eigenvalue weighted by Gasteiger charge is -2.28.